The molecule has 0 aliphatic carbocycles. The first kappa shape index (κ1) is 32.6. The number of carbonyl (C=O) groups is 3. The van der Waals surface area contributed by atoms with Crippen LogP contribution in [-0.2, 0) is 19.1 Å². The van der Waals surface area contributed by atoms with Gasteiger partial charge in [-0.1, -0.05) is 24.3 Å². The topological polar surface area (TPSA) is 130 Å². The van der Waals surface area contributed by atoms with Crippen LogP contribution in [0.1, 0.15) is 17.7 Å². The van der Waals surface area contributed by atoms with Crippen LogP contribution in [0.15, 0.2) is 88.6 Å². The fourth-order valence-corrected chi connectivity index (χ4v) is 6.45. The van der Waals surface area contributed by atoms with E-state index in [1.165, 1.54) is 24.8 Å². The van der Waals surface area contributed by atoms with Crippen molar-refractivity contribution in [2.24, 2.45) is 0 Å². The van der Waals surface area contributed by atoms with E-state index in [1.54, 1.807) is 36.3 Å². The smallest absolute Gasteiger partial charge is 0.303 e. The van der Waals surface area contributed by atoms with Crippen LogP contribution in [0.2, 0.25) is 0 Å². The Morgan fingerprint density at radius 1 is 0.978 bits per heavy atom. The van der Waals surface area contributed by atoms with Gasteiger partial charge in [0.05, 0.1) is 18.0 Å². The molecule has 240 valence electrons. The number of thioether (sulfide) groups is 1. The third-order valence-electron chi connectivity index (χ3n) is 7.52. The van der Waals surface area contributed by atoms with Gasteiger partial charge in [0.2, 0.25) is 5.56 Å². The van der Waals surface area contributed by atoms with Gasteiger partial charge < -0.3 is 34.3 Å². The Labute approximate surface area is 270 Å². The van der Waals surface area contributed by atoms with E-state index in [0.29, 0.717) is 43.2 Å². The monoisotopic (exact) mass is 644 g/mol. The summed E-state index contributed by atoms with van der Waals surface area (Å²) in [6.07, 6.45) is -1.03. The summed E-state index contributed by atoms with van der Waals surface area (Å²) < 4.78 is 16.6. The number of carbonyl (C=O) groups excluding carboxylic acids is 3. The first-order valence-electron chi connectivity index (χ1n) is 14.8. The Morgan fingerprint density at radius 3 is 2.50 bits per heavy atom. The zero-order valence-electron chi connectivity index (χ0n) is 25.9. The van der Waals surface area contributed by atoms with E-state index in [-0.39, 0.29) is 24.0 Å². The number of fused-ring (bicyclic) bond motifs is 2. The summed E-state index contributed by atoms with van der Waals surface area (Å²) in [5, 5.41) is 3.21. The van der Waals surface area contributed by atoms with Crippen molar-refractivity contribution in [2.75, 3.05) is 51.8 Å². The Bertz CT molecular complexity index is 1760. The van der Waals surface area contributed by atoms with Gasteiger partial charge in [0.15, 0.2) is 12.7 Å². The van der Waals surface area contributed by atoms with E-state index in [1.807, 2.05) is 60.5 Å². The van der Waals surface area contributed by atoms with Crippen LogP contribution in [0.25, 0.3) is 10.9 Å². The number of hydrogen-bond donors (Lipinski definition) is 2. The molecule has 1 aromatic heterocycles. The highest BCUT2D eigenvalue weighted by Gasteiger charge is 2.40. The average Bonchev–Trinajstić information content (AvgIpc) is 3.16. The maximum Gasteiger partial charge on any atom is 0.303 e. The molecular formula is C34H36N4O7S. The molecule has 0 saturated heterocycles. The lowest BCUT2D eigenvalue weighted by molar-refractivity contribution is -0.152. The Morgan fingerprint density at radius 2 is 1.74 bits per heavy atom. The number of ether oxygens (including phenoxy) is 3. The van der Waals surface area contributed by atoms with E-state index < -0.39 is 17.3 Å². The molecule has 2 heterocycles. The second-order valence-electron chi connectivity index (χ2n) is 10.8. The number of H-pyrrole nitrogens is 1. The maximum absolute atomic E-state index is 14.0. The van der Waals surface area contributed by atoms with Gasteiger partial charge in [0, 0.05) is 55.0 Å². The van der Waals surface area contributed by atoms with Crippen LogP contribution < -0.4 is 25.2 Å². The average molecular weight is 645 g/mol. The lowest BCUT2D eigenvalue weighted by Crippen LogP contribution is -2.46. The van der Waals surface area contributed by atoms with Gasteiger partial charge in [-0.25, -0.2) is 0 Å². The van der Waals surface area contributed by atoms with Crippen molar-refractivity contribution in [1.29, 1.82) is 0 Å². The minimum atomic E-state index is -1.03. The molecule has 46 heavy (non-hydrogen) atoms. The number of nitrogens with zero attached hydrogens (tertiary/aromatic N) is 2. The van der Waals surface area contributed by atoms with Gasteiger partial charge in [-0.15, -0.1) is 11.8 Å². The molecule has 12 heteroatoms. The molecule has 3 aromatic carbocycles. The molecule has 2 atom stereocenters. The predicted molar refractivity (Wildman–Crippen MR) is 177 cm³/mol. The van der Waals surface area contributed by atoms with Gasteiger partial charge in [-0.3, -0.25) is 19.2 Å². The zero-order chi connectivity index (χ0) is 32.6. The molecule has 0 bridgehead atoms. The SMILES string of the molecule is COc1ccc([C@@H]2Sc3ccccc3N(CCN(C)CCNC(=O)COc3ccc4[nH]c(=O)ccc4c3)C(=O)[C@@H]2OC(C)=O)cc1. The first-order chi connectivity index (χ1) is 22.2. The van der Waals surface area contributed by atoms with Crippen LogP contribution in [0, 0.1) is 0 Å². The molecule has 0 fully saturated rings. The highest BCUT2D eigenvalue weighted by molar-refractivity contribution is 7.99. The molecule has 1 aliphatic heterocycles. The van der Waals surface area contributed by atoms with Gasteiger partial charge in [0.25, 0.3) is 11.8 Å². The zero-order valence-corrected chi connectivity index (χ0v) is 26.7. The molecule has 0 saturated carbocycles. The van der Waals surface area contributed by atoms with Crippen molar-refractivity contribution in [2.45, 2.75) is 23.2 Å². The fourth-order valence-electron chi connectivity index (χ4n) is 5.13. The Kier molecular flexibility index (Phi) is 10.6. The molecule has 0 radical (unpaired) electrons. The number of esters is 1. The minimum absolute atomic E-state index is 0.151. The van der Waals surface area contributed by atoms with Crippen LogP contribution >= 0.6 is 11.8 Å². The summed E-state index contributed by atoms with van der Waals surface area (Å²) >= 11 is 1.49. The number of aromatic amines is 1. The number of likely N-dealkylation sites (N-methyl/N-ethyl adjacent to an activating group) is 1. The van der Waals surface area contributed by atoms with Crippen molar-refractivity contribution in [3.8, 4) is 11.5 Å². The van der Waals surface area contributed by atoms with Crippen LogP contribution in [0.4, 0.5) is 5.69 Å². The molecule has 0 unspecified atom stereocenters. The summed E-state index contributed by atoms with van der Waals surface area (Å²) in [5.74, 6) is 0.117. The number of para-hydroxylation sites is 1. The summed E-state index contributed by atoms with van der Waals surface area (Å²) in [4.78, 5) is 57.5. The van der Waals surface area contributed by atoms with E-state index in [0.717, 1.165) is 21.5 Å². The Balaban J connectivity index is 1.18. The maximum atomic E-state index is 14.0. The van der Waals surface area contributed by atoms with E-state index >= 15 is 0 Å². The summed E-state index contributed by atoms with van der Waals surface area (Å²) in [7, 11) is 3.50. The van der Waals surface area contributed by atoms with Crippen molar-refractivity contribution in [3.63, 3.8) is 0 Å². The largest absolute Gasteiger partial charge is 0.497 e. The third-order valence-corrected chi connectivity index (χ3v) is 8.89. The standard InChI is InChI=1S/C34H36N4O7S/c1-22(39)45-32-33(23-8-11-25(43-3)12-9-23)46-29-7-5-4-6-28(29)38(34(32)42)19-18-37(2)17-16-35-31(41)21-44-26-13-14-27-24(20-26)10-15-30(40)36-27/h4-15,20,32-33H,16-19,21H2,1-3H3,(H,35,41)(H,36,40)/t32-,33+/m1/s1. The number of nitrogens with one attached hydrogen (secondary N) is 2. The second kappa shape index (κ2) is 15.0. The normalized spacial score (nSPS) is 16.1. The molecule has 0 spiro atoms. The first-order valence-corrected chi connectivity index (χ1v) is 15.7. The number of aromatic nitrogens is 1. The number of hydrogen-bond acceptors (Lipinski definition) is 9. The highest BCUT2D eigenvalue weighted by atomic mass is 32.2. The number of methoxy groups -OCH3 is 1. The van der Waals surface area contributed by atoms with E-state index in [2.05, 4.69) is 10.3 Å². The fraction of sp³-hybridized carbons (Fsp3) is 0.294. The number of amides is 2. The van der Waals surface area contributed by atoms with Crippen LogP contribution in [0.5, 0.6) is 11.5 Å². The predicted octanol–water partition coefficient (Wildman–Crippen LogP) is 3.78. The molecule has 4 aromatic rings. The Hall–Kier alpha value is -4.81. The summed E-state index contributed by atoms with van der Waals surface area (Å²) in [6, 6.07) is 23.4. The molecule has 11 nitrogen and oxygen atoms in total. The molecule has 2 amide bonds. The number of pyridine rings is 1. The second-order valence-corrected chi connectivity index (χ2v) is 12.0. The molecule has 2 N–H and O–H groups in total. The lowest BCUT2D eigenvalue weighted by atomic mass is 10.1. The number of benzene rings is 3. The number of rotatable bonds is 12. The lowest BCUT2D eigenvalue weighted by Gasteiger charge is -2.29. The van der Waals surface area contributed by atoms with Crippen LogP contribution in [-0.4, -0.2) is 80.7 Å². The van der Waals surface area contributed by atoms with Gasteiger partial charge in [-0.2, -0.15) is 0 Å². The van der Waals surface area contributed by atoms with Crippen molar-refractivity contribution >= 4 is 46.1 Å². The van der Waals surface area contributed by atoms with Crippen molar-refractivity contribution < 1.29 is 28.6 Å². The highest BCUT2D eigenvalue weighted by Crippen LogP contribution is 2.46. The van der Waals surface area contributed by atoms with Gasteiger partial charge in [0.1, 0.15) is 11.5 Å². The minimum Gasteiger partial charge on any atom is -0.497 e. The summed E-state index contributed by atoms with van der Waals surface area (Å²) in [5.41, 5.74) is 2.10. The van der Waals surface area contributed by atoms with Crippen molar-refractivity contribution in [3.05, 3.63) is 94.8 Å². The summed E-state index contributed by atoms with van der Waals surface area (Å²) in [6.45, 7) is 2.94. The third kappa shape index (κ3) is 8.06. The molecule has 1 aliphatic rings. The number of anilines is 1. The van der Waals surface area contributed by atoms with Gasteiger partial charge >= 0.3 is 5.97 Å². The van der Waals surface area contributed by atoms with Crippen molar-refractivity contribution in [1.82, 2.24) is 15.2 Å². The molecule has 5 rings (SSSR count). The van der Waals surface area contributed by atoms with E-state index in [4.69, 9.17) is 14.2 Å². The van der Waals surface area contributed by atoms with Crippen LogP contribution in [0.3, 0.4) is 0 Å². The molecular weight excluding hydrogens is 608 g/mol. The van der Waals surface area contributed by atoms with E-state index in [9.17, 15) is 19.2 Å². The quantitative estimate of drug-likeness (QED) is 0.221. The van der Waals surface area contributed by atoms with Gasteiger partial charge in [-0.05, 0) is 61.1 Å².